The van der Waals surface area contributed by atoms with Crippen LogP contribution >= 0.6 is 12.6 Å². The largest absolute Gasteiger partial charge is 0.379 e. The number of amides is 1. The normalized spacial score (nSPS) is 19.8. The fourth-order valence-corrected chi connectivity index (χ4v) is 3.32. The second-order valence-electron chi connectivity index (χ2n) is 5.46. The Labute approximate surface area is 148 Å². The van der Waals surface area contributed by atoms with Crippen LogP contribution in [0.15, 0.2) is 36.5 Å². The topological polar surface area (TPSA) is 63.7 Å². The van der Waals surface area contributed by atoms with E-state index >= 15 is 0 Å². The van der Waals surface area contributed by atoms with E-state index in [0.717, 1.165) is 0 Å². The van der Waals surface area contributed by atoms with Gasteiger partial charge in [-0.2, -0.15) is 12.6 Å². The number of rotatable bonds is 7. The van der Waals surface area contributed by atoms with Gasteiger partial charge in [-0.25, -0.2) is 0 Å². The summed E-state index contributed by atoms with van der Waals surface area (Å²) in [6.45, 7) is 4.93. The second kappa shape index (κ2) is 9.17. The first-order valence-corrected chi connectivity index (χ1v) is 8.54. The van der Waals surface area contributed by atoms with E-state index in [1.54, 1.807) is 12.3 Å². The van der Waals surface area contributed by atoms with E-state index in [-0.39, 0.29) is 5.91 Å². The van der Waals surface area contributed by atoms with Crippen LogP contribution in [-0.4, -0.2) is 61.1 Å². The number of nitrogens with one attached hydrogen (secondary N) is 1. The summed E-state index contributed by atoms with van der Waals surface area (Å²) in [6.07, 6.45) is 5.41. The predicted molar refractivity (Wildman–Crippen MR) is 95.9 cm³/mol. The Kier molecular flexibility index (Phi) is 7.23. The van der Waals surface area contributed by atoms with E-state index in [9.17, 15) is 4.79 Å². The molecule has 0 spiro atoms. The van der Waals surface area contributed by atoms with Crippen molar-refractivity contribution in [3.05, 3.63) is 42.2 Å². The fourth-order valence-electron chi connectivity index (χ4n) is 2.73. The molecule has 2 atom stereocenters. The Morgan fingerprint density at radius 1 is 1.54 bits per heavy atom. The maximum absolute atomic E-state index is 13.0. The standard InChI is InChI=1S/C17H25N3O3S/c1-3-4-8-19-15(21)17(22-2,14-7-5-6-9-18-14)16(24)20-10-12-23-13-11-20/h3-7,9,16,24H,8,10-13H2,1-2H3,(H,19,21). The third-order valence-electron chi connectivity index (χ3n) is 4.08. The number of allylic oxidation sites excluding steroid dienone is 1. The summed E-state index contributed by atoms with van der Waals surface area (Å²) in [5.41, 5.74) is -0.763. The number of carbonyl (C=O) groups is 1. The second-order valence-corrected chi connectivity index (χ2v) is 5.94. The molecule has 1 aliphatic heterocycles. The van der Waals surface area contributed by atoms with Crippen molar-refractivity contribution in [3.8, 4) is 0 Å². The van der Waals surface area contributed by atoms with Gasteiger partial charge in [0, 0.05) is 32.9 Å². The van der Waals surface area contributed by atoms with E-state index in [1.807, 2.05) is 31.2 Å². The number of morpholine rings is 1. The Balaban J connectivity index is 2.36. The van der Waals surface area contributed by atoms with Crippen LogP contribution in [0.5, 0.6) is 0 Å². The van der Waals surface area contributed by atoms with Crippen molar-refractivity contribution in [2.45, 2.75) is 17.9 Å². The van der Waals surface area contributed by atoms with Gasteiger partial charge < -0.3 is 14.8 Å². The van der Waals surface area contributed by atoms with Crippen molar-refractivity contribution in [2.75, 3.05) is 40.0 Å². The summed E-state index contributed by atoms with van der Waals surface area (Å²) in [6, 6.07) is 5.45. The minimum Gasteiger partial charge on any atom is -0.379 e. The lowest BCUT2D eigenvalue weighted by Crippen LogP contribution is -2.59. The van der Waals surface area contributed by atoms with Crippen LogP contribution in [0, 0.1) is 0 Å². The molecular weight excluding hydrogens is 326 g/mol. The van der Waals surface area contributed by atoms with Crippen LogP contribution in [0.1, 0.15) is 12.6 Å². The maximum atomic E-state index is 13.0. The van der Waals surface area contributed by atoms with Crippen molar-refractivity contribution >= 4 is 18.5 Å². The highest BCUT2D eigenvalue weighted by Gasteiger charge is 2.50. The maximum Gasteiger partial charge on any atom is 0.261 e. The number of ether oxygens (including phenoxy) is 2. The molecule has 24 heavy (non-hydrogen) atoms. The number of pyridine rings is 1. The average Bonchev–Trinajstić information content (AvgIpc) is 2.64. The molecule has 0 radical (unpaired) electrons. The highest BCUT2D eigenvalue weighted by Crippen LogP contribution is 2.34. The Morgan fingerprint density at radius 3 is 2.88 bits per heavy atom. The van der Waals surface area contributed by atoms with Crippen molar-refractivity contribution in [2.24, 2.45) is 0 Å². The van der Waals surface area contributed by atoms with Gasteiger partial charge in [0.05, 0.1) is 24.3 Å². The molecular formula is C17H25N3O3S. The quantitative estimate of drug-likeness (QED) is 0.571. The number of aromatic nitrogens is 1. The van der Waals surface area contributed by atoms with E-state index in [2.05, 4.69) is 15.2 Å². The number of methoxy groups -OCH3 is 1. The summed E-state index contributed by atoms with van der Waals surface area (Å²) in [4.78, 5) is 19.5. The van der Waals surface area contributed by atoms with Crippen molar-refractivity contribution < 1.29 is 14.3 Å². The van der Waals surface area contributed by atoms with Crippen LogP contribution < -0.4 is 5.32 Å². The molecule has 6 nitrogen and oxygen atoms in total. The number of hydrogen-bond acceptors (Lipinski definition) is 6. The molecule has 7 heteroatoms. The van der Waals surface area contributed by atoms with Gasteiger partial charge >= 0.3 is 0 Å². The van der Waals surface area contributed by atoms with Crippen LogP contribution in [0.2, 0.25) is 0 Å². The van der Waals surface area contributed by atoms with Gasteiger partial charge in [-0.05, 0) is 19.1 Å². The Morgan fingerprint density at radius 2 is 2.29 bits per heavy atom. The SMILES string of the molecule is CC=CCNC(=O)C(OC)(c1ccccn1)C(S)N1CCOCC1. The molecule has 1 amide bonds. The Hall–Kier alpha value is -1.41. The molecule has 2 rings (SSSR count). The van der Waals surface area contributed by atoms with Gasteiger partial charge in [0.1, 0.15) is 0 Å². The molecule has 2 heterocycles. The highest BCUT2D eigenvalue weighted by molar-refractivity contribution is 7.81. The Bertz CT molecular complexity index is 549. The average molecular weight is 351 g/mol. The number of thiol groups is 1. The van der Waals surface area contributed by atoms with Crippen LogP contribution in [-0.2, 0) is 19.9 Å². The summed E-state index contributed by atoms with van der Waals surface area (Å²) in [5.74, 6) is -0.256. The van der Waals surface area contributed by atoms with Crippen LogP contribution in [0.3, 0.4) is 0 Å². The van der Waals surface area contributed by atoms with Crippen molar-refractivity contribution in [1.82, 2.24) is 15.2 Å². The lowest BCUT2D eigenvalue weighted by molar-refractivity contribution is -0.152. The first-order chi connectivity index (χ1) is 11.7. The molecule has 0 aliphatic carbocycles. The van der Waals surface area contributed by atoms with Gasteiger partial charge in [-0.3, -0.25) is 14.7 Å². The lowest BCUT2D eigenvalue weighted by Gasteiger charge is -2.42. The van der Waals surface area contributed by atoms with Gasteiger partial charge in [0.15, 0.2) is 0 Å². The third-order valence-corrected chi connectivity index (χ3v) is 4.77. The monoisotopic (exact) mass is 351 g/mol. The van der Waals surface area contributed by atoms with Crippen LogP contribution in [0.25, 0.3) is 0 Å². The van der Waals surface area contributed by atoms with E-state index < -0.39 is 11.0 Å². The molecule has 1 aliphatic rings. The molecule has 1 saturated heterocycles. The minimum absolute atomic E-state index is 0.256. The highest BCUT2D eigenvalue weighted by atomic mass is 32.1. The summed E-state index contributed by atoms with van der Waals surface area (Å²) < 4.78 is 11.2. The van der Waals surface area contributed by atoms with Crippen molar-refractivity contribution in [3.63, 3.8) is 0 Å². The van der Waals surface area contributed by atoms with Gasteiger partial charge in [0.2, 0.25) is 5.60 Å². The van der Waals surface area contributed by atoms with Gasteiger partial charge in [0.25, 0.3) is 5.91 Å². The van der Waals surface area contributed by atoms with Crippen LogP contribution in [0.4, 0.5) is 0 Å². The molecule has 132 valence electrons. The molecule has 0 aromatic carbocycles. The molecule has 1 fully saturated rings. The summed E-state index contributed by atoms with van der Waals surface area (Å²) in [5, 5.41) is 2.42. The van der Waals surface area contributed by atoms with E-state index in [0.29, 0.717) is 38.5 Å². The molecule has 0 saturated carbocycles. The zero-order valence-corrected chi connectivity index (χ0v) is 15.0. The number of nitrogens with zero attached hydrogens (tertiary/aromatic N) is 2. The predicted octanol–water partition coefficient (Wildman–Crippen LogP) is 1.20. The first kappa shape index (κ1) is 18.9. The molecule has 1 aromatic heterocycles. The first-order valence-electron chi connectivity index (χ1n) is 8.02. The molecule has 0 bridgehead atoms. The lowest BCUT2D eigenvalue weighted by atomic mass is 9.95. The molecule has 1 aromatic rings. The minimum atomic E-state index is -1.30. The summed E-state index contributed by atoms with van der Waals surface area (Å²) in [7, 11) is 1.52. The number of carbonyl (C=O) groups excluding carboxylic acids is 1. The zero-order chi connectivity index (χ0) is 17.4. The zero-order valence-electron chi connectivity index (χ0n) is 14.1. The van der Waals surface area contributed by atoms with Gasteiger partial charge in [-0.15, -0.1) is 0 Å². The molecule has 1 N–H and O–H groups in total. The third kappa shape index (κ3) is 3.97. The smallest absolute Gasteiger partial charge is 0.261 e. The van der Waals surface area contributed by atoms with Crippen molar-refractivity contribution in [1.29, 1.82) is 0 Å². The summed E-state index contributed by atoms with van der Waals surface area (Å²) >= 11 is 4.76. The number of hydrogen-bond donors (Lipinski definition) is 2. The van der Waals surface area contributed by atoms with E-state index in [4.69, 9.17) is 22.1 Å². The fraction of sp³-hybridized carbons (Fsp3) is 0.529. The molecule has 2 unspecified atom stereocenters. The van der Waals surface area contributed by atoms with E-state index in [1.165, 1.54) is 7.11 Å². The van der Waals surface area contributed by atoms with Gasteiger partial charge in [-0.1, -0.05) is 18.2 Å².